The van der Waals surface area contributed by atoms with Crippen molar-refractivity contribution in [2.45, 2.75) is 39.1 Å². The SMILES string of the molecule is CC(C)c1noc(C(C)Nc2cccc(OC(F)(F)F)c2)n1. The fraction of sp³-hybridized carbons (Fsp3) is 0.429. The van der Waals surface area contributed by atoms with Gasteiger partial charge in [-0.1, -0.05) is 25.1 Å². The minimum absolute atomic E-state index is 0.133. The molecule has 0 spiro atoms. The van der Waals surface area contributed by atoms with Crippen LogP contribution in [0.4, 0.5) is 18.9 Å². The highest BCUT2D eigenvalue weighted by Crippen LogP contribution is 2.27. The fourth-order valence-electron chi connectivity index (χ4n) is 1.75. The minimum Gasteiger partial charge on any atom is -0.406 e. The van der Waals surface area contributed by atoms with Gasteiger partial charge in [-0.3, -0.25) is 0 Å². The summed E-state index contributed by atoms with van der Waals surface area (Å²) in [6, 6.07) is 5.22. The van der Waals surface area contributed by atoms with Crippen LogP contribution in [-0.2, 0) is 0 Å². The molecule has 0 radical (unpaired) electrons. The molecule has 0 saturated carbocycles. The highest BCUT2D eigenvalue weighted by Gasteiger charge is 2.31. The first-order valence-electron chi connectivity index (χ1n) is 6.70. The first-order chi connectivity index (χ1) is 10.2. The molecule has 5 nitrogen and oxygen atoms in total. The van der Waals surface area contributed by atoms with E-state index in [0.717, 1.165) is 0 Å². The van der Waals surface area contributed by atoms with Gasteiger partial charge in [-0.25, -0.2) is 0 Å². The van der Waals surface area contributed by atoms with Gasteiger partial charge in [-0.2, -0.15) is 4.98 Å². The summed E-state index contributed by atoms with van der Waals surface area (Å²) < 4.78 is 45.6. The molecule has 1 N–H and O–H groups in total. The number of halogens is 3. The number of rotatable bonds is 5. The lowest BCUT2D eigenvalue weighted by Gasteiger charge is -2.13. The van der Waals surface area contributed by atoms with Crippen molar-refractivity contribution < 1.29 is 22.4 Å². The van der Waals surface area contributed by atoms with E-state index < -0.39 is 6.36 Å². The Hall–Kier alpha value is -2.25. The van der Waals surface area contributed by atoms with E-state index in [-0.39, 0.29) is 17.7 Å². The number of nitrogens with one attached hydrogen (secondary N) is 1. The lowest BCUT2D eigenvalue weighted by Crippen LogP contribution is -2.17. The van der Waals surface area contributed by atoms with Gasteiger partial charge in [0.25, 0.3) is 0 Å². The van der Waals surface area contributed by atoms with Crippen molar-refractivity contribution in [2.75, 3.05) is 5.32 Å². The van der Waals surface area contributed by atoms with E-state index in [9.17, 15) is 13.2 Å². The molecule has 8 heteroatoms. The number of hydrogen-bond donors (Lipinski definition) is 1. The second kappa shape index (κ2) is 6.25. The standard InChI is InChI=1S/C14H16F3N3O2/c1-8(2)12-19-13(22-20-12)9(3)18-10-5-4-6-11(7-10)21-14(15,16)17/h4-9,18H,1-3H3. The zero-order valence-corrected chi connectivity index (χ0v) is 12.3. The summed E-state index contributed by atoms with van der Waals surface area (Å²) in [7, 11) is 0. The molecule has 0 aliphatic rings. The summed E-state index contributed by atoms with van der Waals surface area (Å²) in [5, 5.41) is 6.84. The Morgan fingerprint density at radius 1 is 1.23 bits per heavy atom. The number of alkyl halides is 3. The van der Waals surface area contributed by atoms with Crippen molar-refractivity contribution >= 4 is 5.69 Å². The van der Waals surface area contributed by atoms with E-state index in [0.29, 0.717) is 17.4 Å². The number of nitrogens with zero attached hydrogens (tertiary/aromatic N) is 2. The van der Waals surface area contributed by atoms with Crippen molar-refractivity contribution in [3.05, 3.63) is 36.0 Å². The number of anilines is 1. The van der Waals surface area contributed by atoms with Gasteiger partial charge < -0.3 is 14.6 Å². The monoisotopic (exact) mass is 315 g/mol. The smallest absolute Gasteiger partial charge is 0.406 e. The molecule has 1 aromatic heterocycles. The third kappa shape index (κ3) is 4.37. The molecule has 1 heterocycles. The van der Waals surface area contributed by atoms with Crippen LogP contribution in [0, 0.1) is 0 Å². The predicted octanol–water partition coefficient (Wildman–Crippen LogP) is 4.26. The van der Waals surface area contributed by atoms with E-state index in [1.165, 1.54) is 18.2 Å². The van der Waals surface area contributed by atoms with E-state index in [4.69, 9.17) is 4.52 Å². The molecule has 1 aromatic carbocycles. The Bertz CT molecular complexity index is 626. The van der Waals surface area contributed by atoms with E-state index in [1.807, 2.05) is 13.8 Å². The normalized spacial score (nSPS) is 13.2. The molecule has 1 unspecified atom stereocenters. The van der Waals surface area contributed by atoms with Crippen LogP contribution < -0.4 is 10.1 Å². The summed E-state index contributed by atoms with van der Waals surface area (Å²) in [6.45, 7) is 5.64. The van der Waals surface area contributed by atoms with Gasteiger partial charge >= 0.3 is 6.36 Å². The summed E-state index contributed by atoms with van der Waals surface area (Å²) in [5.74, 6) is 0.787. The van der Waals surface area contributed by atoms with Crippen molar-refractivity contribution in [3.8, 4) is 5.75 Å². The third-order valence-electron chi connectivity index (χ3n) is 2.80. The molecule has 0 amide bonds. The zero-order chi connectivity index (χ0) is 16.3. The van der Waals surface area contributed by atoms with Crippen LogP contribution in [0.25, 0.3) is 0 Å². The van der Waals surface area contributed by atoms with Crippen molar-refractivity contribution in [1.29, 1.82) is 0 Å². The minimum atomic E-state index is -4.72. The number of ether oxygens (including phenoxy) is 1. The molecule has 22 heavy (non-hydrogen) atoms. The molecule has 0 fully saturated rings. The first kappa shape index (κ1) is 16.1. The van der Waals surface area contributed by atoms with Crippen LogP contribution in [0.1, 0.15) is 44.4 Å². The third-order valence-corrected chi connectivity index (χ3v) is 2.80. The quantitative estimate of drug-likeness (QED) is 0.893. The summed E-state index contributed by atoms with van der Waals surface area (Å²) in [6.07, 6.45) is -4.72. The molecule has 0 saturated heterocycles. The van der Waals surface area contributed by atoms with Crippen LogP contribution in [0.3, 0.4) is 0 Å². The van der Waals surface area contributed by atoms with Crippen LogP contribution in [0.15, 0.2) is 28.8 Å². The molecule has 2 rings (SSSR count). The maximum Gasteiger partial charge on any atom is 0.573 e. The summed E-state index contributed by atoms with van der Waals surface area (Å²) in [4.78, 5) is 4.24. The van der Waals surface area contributed by atoms with Gasteiger partial charge in [-0.15, -0.1) is 13.2 Å². The van der Waals surface area contributed by atoms with Crippen LogP contribution in [0.2, 0.25) is 0 Å². The molecule has 0 aliphatic carbocycles. The maximum absolute atomic E-state index is 12.2. The van der Waals surface area contributed by atoms with Gasteiger partial charge in [0.05, 0.1) is 0 Å². The lowest BCUT2D eigenvalue weighted by molar-refractivity contribution is -0.274. The topological polar surface area (TPSA) is 60.2 Å². The molecule has 0 bridgehead atoms. The van der Waals surface area contributed by atoms with Gasteiger partial charge in [0.1, 0.15) is 11.8 Å². The Balaban J connectivity index is 2.07. The number of benzene rings is 1. The van der Waals surface area contributed by atoms with Crippen molar-refractivity contribution in [1.82, 2.24) is 10.1 Å². The molecule has 120 valence electrons. The van der Waals surface area contributed by atoms with Gasteiger partial charge in [0.15, 0.2) is 5.82 Å². The molecular formula is C14H16F3N3O2. The van der Waals surface area contributed by atoms with Crippen LogP contribution in [0.5, 0.6) is 5.75 Å². The Kier molecular flexibility index (Phi) is 4.58. The van der Waals surface area contributed by atoms with E-state index >= 15 is 0 Å². The fourth-order valence-corrected chi connectivity index (χ4v) is 1.75. The molecular weight excluding hydrogens is 299 g/mol. The molecule has 0 aliphatic heterocycles. The summed E-state index contributed by atoms with van der Waals surface area (Å²) in [5.41, 5.74) is 0.457. The molecule has 2 aromatic rings. The Labute approximate surface area is 125 Å². The van der Waals surface area contributed by atoms with Crippen molar-refractivity contribution in [3.63, 3.8) is 0 Å². The Morgan fingerprint density at radius 2 is 1.95 bits per heavy atom. The highest BCUT2D eigenvalue weighted by atomic mass is 19.4. The summed E-state index contributed by atoms with van der Waals surface area (Å²) >= 11 is 0. The van der Waals surface area contributed by atoms with Crippen LogP contribution in [-0.4, -0.2) is 16.5 Å². The first-order valence-corrected chi connectivity index (χ1v) is 6.70. The van der Waals surface area contributed by atoms with E-state index in [1.54, 1.807) is 13.0 Å². The number of aromatic nitrogens is 2. The van der Waals surface area contributed by atoms with Gasteiger partial charge in [0.2, 0.25) is 5.89 Å². The predicted molar refractivity (Wildman–Crippen MR) is 73.5 cm³/mol. The Morgan fingerprint density at radius 3 is 2.55 bits per heavy atom. The zero-order valence-electron chi connectivity index (χ0n) is 12.3. The average molecular weight is 315 g/mol. The number of hydrogen-bond acceptors (Lipinski definition) is 5. The molecule has 1 atom stereocenters. The second-order valence-corrected chi connectivity index (χ2v) is 5.09. The maximum atomic E-state index is 12.2. The van der Waals surface area contributed by atoms with Crippen LogP contribution >= 0.6 is 0 Å². The van der Waals surface area contributed by atoms with Crippen molar-refractivity contribution in [2.24, 2.45) is 0 Å². The van der Waals surface area contributed by atoms with Gasteiger partial charge in [-0.05, 0) is 19.1 Å². The van der Waals surface area contributed by atoms with E-state index in [2.05, 4.69) is 20.2 Å². The lowest BCUT2D eigenvalue weighted by atomic mass is 10.2. The highest BCUT2D eigenvalue weighted by molar-refractivity contribution is 5.49. The van der Waals surface area contributed by atoms with Gasteiger partial charge in [0, 0.05) is 17.7 Å². The average Bonchev–Trinajstić information content (AvgIpc) is 2.86. The largest absolute Gasteiger partial charge is 0.573 e. The second-order valence-electron chi connectivity index (χ2n) is 5.09.